The van der Waals surface area contributed by atoms with Gasteiger partial charge in [-0.2, -0.15) is 0 Å². The summed E-state index contributed by atoms with van der Waals surface area (Å²) in [5, 5.41) is 8.59. The van der Waals surface area contributed by atoms with Crippen molar-refractivity contribution in [3.8, 4) is 5.75 Å². The van der Waals surface area contributed by atoms with Gasteiger partial charge in [-0.05, 0) is 31.0 Å². The van der Waals surface area contributed by atoms with E-state index in [2.05, 4.69) is 19.8 Å². The summed E-state index contributed by atoms with van der Waals surface area (Å²) in [7, 11) is 1.60. The van der Waals surface area contributed by atoms with Crippen LogP contribution in [0, 0.1) is 5.41 Å². The third-order valence-corrected chi connectivity index (χ3v) is 5.39. The van der Waals surface area contributed by atoms with Crippen LogP contribution in [0.25, 0.3) is 0 Å². The average molecular weight is 354 g/mol. The van der Waals surface area contributed by atoms with Crippen molar-refractivity contribution >= 4 is 17.2 Å². The average Bonchev–Trinajstić information content (AvgIpc) is 3.02. The molecule has 5 rings (SSSR count). The van der Waals surface area contributed by atoms with Crippen molar-refractivity contribution in [2.45, 2.75) is 18.9 Å². The lowest BCUT2D eigenvalue weighted by Gasteiger charge is -2.32. The number of ether oxygens (including phenoxy) is 1. The second-order valence-corrected chi connectivity index (χ2v) is 6.86. The summed E-state index contributed by atoms with van der Waals surface area (Å²) in [5.74, 6) is 1.57. The van der Waals surface area contributed by atoms with Crippen molar-refractivity contribution in [3.63, 3.8) is 0 Å². The molecule has 2 aromatic rings. The second-order valence-electron chi connectivity index (χ2n) is 6.86. The molecule has 3 N–H and O–H groups in total. The van der Waals surface area contributed by atoms with Crippen LogP contribution in [0.5, 0.6) is 5.75 Å². The Morgan fingerprint density at radius 1 is 1.19 bits per heavy atom. The smallest absolute Gasteiger partial charge is 0.132 e. The molecule has 0 aliphatic carbocycles. The molecule has 0 saturated carbocycles. The van der Waals surface area contributed by atoms with Gasteiger partial charge in [-0.25, -0.2) is 9.97 Å². The fraction of sp³-hybridized carbons (Fsp3) is 0.421. The van der Waals surface area contributed by atoms with Gasteiger partial charge in [-0.1, -0.05) is 0 Å². The van der Waals surface area contributed by atoms with Crippen LogP contribution < -0.4 is 15.4 Å². The number of nitrogens with two attached hydrogens (primary N) is 1. The Hall–Kier alpha value is -2.67. The third kappa shape index (κ3) is 3.10. The Morgan fingerprint density at radius 2 is 2.00 bits per heavy atom. The Bertz CT molecular complexity index is 822. The van der Waals surface area contributed by atoms with Crippen molar-refractivity contribution < 1.29 is 6.16 Å². The maximum absolute atomic E-state index is 8.59. The normalized spacial score (nSPS) is 22.1. The van der Waals surface area contributed by atoms with E-state index in [0.717, 1.165) is 32.0 Å². The van der Waals surface area contributed by atoms with Gasteiger partial charge in [0.05, 0.1) is 18.5 Å². The first-order valence-corrected chi connectivity index (χ1v) is 8.99. The molecule has 0 atom stereocenters. The summed E-state index contributed by atoms with van der Waals surface area (Å²) < 4.78 is 5.26. The molecule has 1 aromatic heterocycles. The molecule has 3 aliphatic heterocycles. The molecule has 3 aliphatic rings. The zero-order chi connectivity index (χ0) is 18.1. The van der Waals surface area contributed by atoms with Crippen LogP contribution in [0.4, 0.5) is 11.5 Å². The van der Waals surface area contributed by atoms with Crippen LogP contribution in [0.15, 0.2) is 30.6 Å². The van der Waals surface area contributed by atoms with Crippen LogP contribution in [-0.2, 0) is 0 Å². The van der Waals surface area contributed by atoms with Crippen molar-refractivity contribution in [2.24, 2.45) is 0 Å². The summed E-state index contributed by atoms with van der Waals surface area (Å²) in [6, 6.07) is 7.76. The summed E-state index contributed by atoms with van der Waals surface area (Å²) in [4.78, 5) is 13.7. The largest absolute Gasteiger partial charge is 0.497 e. The SMILES string of the molecule is COc1ccc(N)c(C(=N)c2cc(N3CCN4CCC3CC4)ncn2)c1.[HH]. The maximum Gasteiger partial charge on any atom is 0.132 e. The first kappa shape index (κ1) is 16.8. The summed E-state index contributed by atoms with van der Waals surface area (Å²) in [6.07, 6.45) is 3.88. The standard InChI is InChI=1S/C19H24N6O.H2/c1-26-14-2-3-16(20)15(10-14)19(21)17-11-18(23-12-22-17)25-9-8-24-6-4-13(25)5-7-24;/h2-3,10-13,21H,4-9,20H2,1H3;1H. The van der Waals surface area contributed by atoms with Gasteiger partial charge in [0.15, 0.2) is 0 Å². The molecule has 2 bridgehead atoms. The number of nitrogen functional groups attached to an aromatic ring is 1. The van der Waals surface area contributed by atoms with Gasteiger partial charge in [0, 0.05) is 51.0 Å². The van der Waals surface area contributed by atoms with Gasteiger partial charge < -0.3 is 20.3 Å². The van der Waals surface area contributed by atoms with E-state index in [4.69, 9.17) is 15.9 Å². The minimum atomic E-state index is 0. The highest BCUT2D eigenvalue weighted by molar-refractivity contribution is 6.13. The summed E-state index contributed by atoms with van der Waals surface area (Å²) >= 11 is 0. The number of aromatic nitrogens is 2. The monoisotopic (exact) mass is 354 g/mol. The van der Waals surface area contributed by atoms with Gasteiger partial charge in [-0.3, -0.25) is 5.41 Å². The zero-order valence-electron chi connectivity index (χ0n) is 15.0. The molecule has 7 heteroatoms. The predicted octanol–water partition coefficient (Wildman–Crippen LogP) is 2.01. The number of hydrogen-bond acceptors (Lipinski definition) is 7. The van der Waals surface area contributed by atoms with E-state index in [0.29, 0.717) is 28.7 Å². The van der Waals surface area contributed by atoms with E-state index < -0.39 is 0 Å². The molecule has 4 heterocycles. The van der Waals surface area contributed by atoms with E-state index in [1.54, 1.807) is 31.6 Å². The predicted molar refractivity (Wildman–Crippen MR) is 104 cm³/mol. The van der Waals surface area contributed by atoms with Crippen LogP contribution >= 0.6 is 0 Å². The van der Waals surface area contributed by atoms with Gasteiger partial charge in [-0.15, -0.1) is 0 Å². The molecule has 138 valence electrons. The van der Waals surface area contributed by atoms with E-state index in [9.17, 15) is 0 Å². The number of nitrogens with zero attached hydrogens (tertiary/aromatic N) is 4. The van der Waals surface area contributed by atoms with Crippen LogP contribution in [0.1, 0.15) is 25.5 Å². The van der Waals surface area contributed by atoms with Crippen LogP contribution in [-0.4, -0.2) is 59.9 Å². The molecule has 3 saturated heterocycles. The van der Waals surface area contributed by atoms with Crippen LogP contribution in [0.2, 0.25) is 0 Å². The lowest BCUT2D eigenvalue weighted by molar-refractivity contribution is 0.250. The molecule has 3 fully saturated rings. The van der Waals surface area contributed by atoms with E-state index in [1.165, 1.54) is 12.8 Å². The molecule has 1 aromatic carbocycles. The number of methoxy groups -OCH3 is 1. The van der Waals surface area contributed by atoms with E-state index in [1.807, 2.05) is 6.07 Å². The Kier molecular flexibility index (Phi) is 4.46. The van der Waals surface area contributed by atoms with Crippen molar-refractivity contribution in [2.75, 3.05) is 43.9 Å². The number of anilines is 2. The Labute approximate surface area is 154 Å². The summed E-state index contributed by atoms with van der Waals surface area (Å²) in [5.41, 5.74) is 8.10. The first-order chi connectivity index (χ1) is 12.7. The van der Waals surface area contributed by atoms with Gasteiger partial charge in [0.25, 0.3) is 0 Å². The number of hydrogen-bond donors (Lipinski definition) is 2. The van der Waals surface area contributed by atoms with Crippen LogP contribution in [0.3, 0.4) is 0 Å². The molecule has 0 spiro atoms. The minimum absolute atomic E-state index is 0. The van der Waals surface area contributed by atoms with E-state index >= 15 is 0 Å². The fourth-order valence-electron chi connectivity index (χ4n) is 3.85. The highest BCUT2D eigenvalue weighted by atomic mass is 16.5. The third-order valence-electron chi connectivity index (χ3n) is 5.39. The molecule has 0 radical (unpaired) electrons. The van der Waals surface area contributed by atoms with E-state index in [-0.39, 0.29) is 7.14 Å². The lowest BCUT2D eigenvalue weighted by Crippen LogP contribution is -2.38. The van der Waals surface area contributed by atoms with Crippen molar-refractivity contribution in [1.29, 1.82) is 5.41 Å². The lowest BCUT2D eigenvalue weighted by atomic mass is 10.0. The minimum Gasteiger partial charge on any atom is -0.497 e. The van der Waals surface area contributed by atoms with Crippen molar-refractivity contribution in [1.82, 2.24) is 14.9 Å². The molecular weight excluding hydrogens is 328 g/mol. The fourth-order valence-corrected chi connectivity index (χ4v) is 3.85. The molecule has 0 amide bonds. The highest BCUT2D eigenvalue weighted by Gasteiger charge is 2.30. The van der Waals surface area contributed by atoms with Gasteiger partial charge in [0.1, 0.15) is 17.9 Å². The number of piperidine rings is 1. The number of nitrogens with one attached hydrogen (secondary N) is 1. The Balaban J connectivity index is 0.00000210. The maximum atomic E-state index is 8.59. The van der Waals surface area contributed by atoms with Gasteiger partial charge in [0.2, 0.25) is 0 Å². The quantitative estimate of drug-likeness (QED) is 0.645. The zero-order valence-corrected chi connectivity index (χ0v) is 15.0. The number of benzene rings is 1. The molecule has 26 heavy (non-hydrogen) atoms. The number of fused-ring (bicyclic) bond motifs is 4. The molecule has 0 unspecified atom stereocenters. The topological polar surface area (TPSA) is 91.4 Å². The summed E-state index contributed by atoms with van der Waals surface area (Å²) in [6.45, 7) is 4.36. The Morgan fingerprint density at radius 3 is 2.77 bits per heavy atom. The van der Waals surface area contributed by atoms with Gasteiger partial charge >= 0.3 is 0 Å². The number of rotatable bonds is 4. The molecular formula is C19H26N6O. The second kappa shape index (κ2) is 6.92. The van der Waals surface area contributed by atoms with Crippen molar-refractivity contribution in [3.05, 3.63) is 41.9 Å². The highest BCUT2D eigenvalue weighted by Crippen LogP contribution is 2.27. The first-order valence-electron chi connectivity index (χ1n) is 8.99. The molecule has 7 nitrogen and oxygen atoms in total.